The van der Waals surface area contributed by atoms with Crippen LogP contribution in [0.2, 0.25) is 0 Å². The zero-order chi connectivity index (χ0) is 12.4. The quantitative estimate of drug-likeness (QED) is 0.836. The predicted octanol–water partition coefficient (Wildman–Crippen LogP) is 4.55. The molecule has 2 heteroatoms. The van der Waals surface area contributed by atoms with Crippen molar-refractivity contribution in [3.05, 3.63) is 21.9 Å². The Bertz CT molecular complexity index is 348. The van der Waals surface area contributed by atoms with E-state index in [-0.39, 0.29) is 6.10 Å². The molecule has 1 heterocycles. The van der Waals surface area contributed by atoms with E-state index >= 15 is 0 Å². The van der Waals surface area contributed by atoms with E-state index < -0.39 is 0 Å². The molecule has 0 aliphatic heterocycles. The van der Waals surface area contributed by atoms with Crippen molar-refractivity contribution in [1.29, 1.82) is 0 Å². The van der Waals surface area contributed by atoms with Crippen LogP contribution in [-0.2, 0) is 0 Å². The maximum absolute atomic E-state index is 10.4. The van der Waals surface area contributed by atoms with E-state index in [1.54, 1.807) is 11.3 Å². The minimum absolute atomic E-state index is 0.227. The van der Waals surface area contributed by atoms with Crippen LogP contribution >= 0.6 is 11.3 Å². The number of hydrogen-bond donors (Lipinski definition) is 1. The van der Waals surface area contributed by atoms with Gasteiger partial charge in [0.1, 0.15) is 0 Å². The van der Waals surface area contributed by atoms with E-state index in [9.17, 15) is 5.11 Å². The lowest BCUT2D eigenvalue weighted by molar-refractivity contribution is 0.0667. The lowest BCUT2D eigenvalue weighted by Crippen LogP contribution is -2.23. The number of aliphatic hydroxyl groups excluding tert-OH is 1. The second-order valence-electron chi connectivity index (χ2n) is 5.80. The highest BCUT2D eigenvalue weighted by atomic mass is 32.1. The van der Waals surface area contributed by atoms with Crippen molar-refractivity contribution in [3.63, 3.8) is 0 Å². The Hall–Kier alpha value is -0.340. The fraction of sp³-hybridized carbons (Fsp3) is 0.733. The van der Waals surface area contributed by atoms with Crippen molar-refractivity contribution in [2.24, 2.45) is 17.8 Å². The Morgan fingerprint density at radius 3 is 2.24 bits per heavy atom. The largest absolute Gasteiger partial charge is 0.388 e. The van der Waals surface area contributed by atoms with Crippen molar-refractivity contribution >= 4 is 11.3 Å². The average molecular weight is 252 g/mol. The summed E-state index contributed by atoms with van der Waals surface area (Å²) in [5.41, 5.74) is 1.17. The van der Waals surface area contributed by atoms with E-state index in [2.05, 4.69) is 32.2 Å². The van der Waals surface area contributed by atoms with Gasteiger partial charge in [0.15, 0.2) is 0 Å². The number of aryl methyl sites for hydroxylation is 1. The summed E-state index contributed by atoms with van der Waals surface area (Å²) in [6, 6.07) is 2.10. The van der Waals surface area contributed by atoms with Crippen LogP contribution in [0.3, 0.4) is 0 Å². The van der Waals surface area contributed by atoms with Gasteiger partial charge in [-0.15, -0.1) is 11.3 Å². The number of hydrogen-bond acceptors (Lipinski definition) is 2. The van der Waals surface area contributed by atoms with Crippen LogP contribution in [0.15, 0.2) is 11.4 Å². The summed E-state index contributed by atoms with van der Waals surface area (Å²) in [5, 5.41) is 12.5. The standard InChI is InChI=1S/C15H24OS/c1-10(2)12-4-6-13(7-5-12)15(16)14-8-9-17-11(14)3/h8-10,12-13,15-16H,4-7H2,1-3H3. The number of aliphatic hydroxyl groups is 1. The molecule has 0 amide bonds. The number of rotatable bonds is 3. The maximum atomic E-state index is 10.4. The Labute approximate surface area is 109 Å². The van der Waals surface area contributed by atoms with Crippen molar-refractivity contribution in [2.75, 3.05) is 0 Å². The molecule has 2 rings (SSSR count). The Kier molecular flexibility index (Phi) is 4.26. The predicted molar refractivity (Wildman–Crippen MR) is 74.3 cm³/mol. The minimum atomic E-state index is -0.227. The monoisotopic (exact) mass is 252 g/mol. The number of thiophene rings is 1. The summed E-state index contributed by atoms with van der Waals surface area (Å²) in [6.07, 6.45) is 4.75. The zero-order valence-corrected chi connectivity index (χ0v) is 12.0. The molecule has 1 N–H and O–H groups in total. The molecule has 17 heavy (non-hydrogen) atoms. The minimum Gasteiger partial charge on any atom is -0.388 e. The molecule has 0 radical (unpaired) electrons. The van der Waals surface area contributed by atoms with Gasteiger partial charge in [0.2, 0.25) is 0 Å². The van der Waals surface area contributed by atoms with E-state index in [1.807, 2.05) is 0 Å². The molecule has 1 unspecified atom stereocenters. The van der Waals surface area contributed by atoms with E-state index in [0.29, 0.717) is 5.92 Å². The maximum Gasteiger partial charge on any atom is 0.0828 e. The van der Waals surface area contributed by atoms with Crippen LogP contribution < -0.4 is 0 Å². The zero-order valence-electron chi connectivity index (χ0n) is 11.1. The first-order valence-electron chi connectivity index (χ1n) is 6.81. The molecule has 0 spiro atoms. The van der Waals surface area contributed by atoms with Crippen LogP contribution in [0.1, 0.15) is 56.1 Å². The second-order valence-corrected chi connectivity index (χ2v) is 6.92. The van der Waals surface area contributed by atoms with Gasteiger partial charge < -0.3 is 5.11 Å². The lowest BCUT2D eigenvalue weighted by atomic mass is 9.74. The van der Waals surface area contributed by atoms with Crippen molar-refractivity contribution < 1.29 is 5.11 Å². The van der Waals surface area contributed by atoms with Crippen LogP contribution in [0.5, 0.6) is 0 Å². The van der Waals surface area contributed by atoms with E-state index in [4.69, 9.17) is 0 Å². The van der Waals surface area contributed by atoms with Gasteiger partial charge in [0, 0.05) is 4.88 Å². The molecule has 1 saturated carbocycles. The molecule has 1 fully saturated rings. The highest BCUT2D eigenvalue weighted by molar-refractivity contribution is 7.10. The first-order chi connectivity index (χ1) is 8.09. The molecule has 1 aliphatic rings. The van der Waals surface area contributed by atoms with Gasteiger partial charge in [-0.25, -0.2) is 0 Å². The van der Waals surface area contributed by atoms with Crippen molar-refractivity contribution in [2.45, 2.75) is 52.6 Å². The van der Waals surface area contributed by atoms with Crippen LogP contribution in [0, 0.1) is 24.7 Å². The van der Waals surface area contributed by atoms with E-state index in [1.165, 1.54) is 36.1 Å². The molecule has 1 aromatic rings. The average Bonchev–Trinajstić information content (AvgIpc) is 2.74. The topological polar surface area (TPSA) is 20.2 Å². The van der Waals surface area contributed by atoms with Gasteiger partial charge in [-0.3, -0.25) is 0 Å². The fourth-order valence-electron chi connectivity index (χ4n) is 3.08. The molecule has 1 nitrogen and oxygen atoms in total. The molecule has 0 bridgehead atoms. The highest BCUT2D eigenvalue weighted by Gasteiger charge is 2.29. The Morgan fingerprint density at radius 2 is 1.76 bits per heavy atom. The Balaban J connectivity index is 1.95. The van der Waals surface area contributed by atoms with Gasteiger partial charge in [0.25, 0.3) is 0 Å². The van der Waals surface area contributed by atoms with Gasteiger partial charge in [-0.1, -0.05) is 13.8 Å². The SMILES string of the molecule is Cc1sccc1C(O)C1CCC(C(C)C)CC1. The molecular weight excluding hydrogens is 228 g/mol. The summed E-state index contributed by atoms with van der Waals surface area (Å²) in [7, 11) is 0. The van der Waals surface area contributed by atoms with Gasteiger partial charge in [0.05, 0.1) is 6.10 Å². The molecule has 1 aliphatic carbocycles. The summed E-state index contributed by atoms with van der Waals surface area (Å²) in [6.45, 7) is 6.76. The first-order valence-corrected chi connectivity index (χ1v) is 7.69. The summed E-state index contributed by atoms with van der Waals surface area (Å²) < 4.78 is 0. The third kappa shape index (κ3) is 2.92. The molecule has 0 saturated heterocycles. The van der Waals surface area contributed by atoms with Crippen LogP contribution in [0.25, 0.3) is 0 Å². The van der Waals surface area contributed by atoms with Crippen molar-refractivity contribution in [1.82, 2.24) is 0 Å². The van der Waals surface area contributed by atoms with Crippen molar-refractivity contribution in [3.8, 4) is 0 Å². The summed E-state index contributed by atoms with van der Waals surface area (Å²) >= 11 is 1.74. The normalized spacial score (nSPS) is 27.4. The molecule has 0 aromatic carbocycles. The molecule has 1 aromatic heterocycles. The van der Waals surface area contributed by atoms with Gasteiger partial charge in [-0.05, 0) is 67.4 Å². The second kappa shape index (κ2) is 5.53. The third-order valence-electron chi connectivity index (χ3n) is 4.42. The lowest BCUT2D eigenvalue weighted by Gasteiger charge is -2.33. The Morgan fingerprint density at radius 1 is 1.18 bits per heavy atom. The molecule has 1 atom stereocenters. The van der Waals surface area contributed by atoms with Crippen LogP contribution in [-0.4, -0.2) is 5.11 Å². The molecule has 96 valence electrons. The van der Waals surface area contributed by atoms with E-state index in [0.717, 1.165) is 11.8 Å². The van der Waals surface area contributed by atoms with Gasteiger partial charge in [-0.2, -0.15) is 0 Å². The highest BCUT2D eigenvalue weighted by Crippen LogP contribution is 2.40. The smallest absolute Gasteiger partial charge is 0.0828 e. The third-order valence-corrected chi connectivity index (χ3v) is 5.28. The summed E-state index contributed by atoms with van der Waals surface area (Å²) in [4.78, 5) is 1.28. The first kappa shape index (κ1) is 13.1. The summed E-state index contributed by atoms with van der Waals surface area (Å²) in [5.74, 6) is 2.16. The van der Waals surface area contributed by atoms with Gasteiger partial charge >= 0.3 is 0 Å². The fourth-order valence-corrected chi connectivity index (χ4v) is 3.83. The molecular formula is C15H24OS. The van der Waals surface area contributed by atoms with Crippen LogP contribution in [0.4, 0.5) is 0 Å².